The number of aliphatic imine (C=N–C) groups is 1. The van der Waals surface area contributed by atoms with Crippen LogP contribution in [0.3, 0.4) is 0 Å². The molecule has 1 aliphatic rings. The third kappa shape index (κ3) is 6.23. The van der Waals surface area contributed by atoms with Crippen LogP contribution in [0.4, 0.5) is 0 Å². The Balaban J connectivity index is 1.82. The van der Waals surface area contributed by atoms with E-state index in [1.54, 1.807) is 6.07 Å². The number of rotatable bonds is 7. The van der Waals surface area contributed by atoms with Gasteiger partial charge in [-0.25, -0.2) is 13.1 Å². The second-order valence-corrected chi connectivity index (χ2v) is 9.41. The number of nitrogens with zero attached hydrogens (tertiary/aromatic N) is 1. The molecule has 0 aliphatic heterocycles. The molecule has 0 amide bonds. The number of hydrogen-bond donors (Lipinski definition) is 3. The van der Waals surface area contributed by atoms with Crippen molar-refractivity contribution in [2.45, 2.75) is 49.3 Å². The molecule has 0 radical (unpaired) electrons. The van der Waals surface area contributed by atoms with Gasteiger partial charge in [0.1, 0.15) is 4.21 Å². The lowest BCUT2D eigenvalue weighted by Gasteiger charge is -2.24. The average Bonchev–Trinajstić information content (AvgIpc) is 3.00. The minimum Gasteiger partial charge on any atom is -0.357 e. The van der Waals surface area contributed by atoms with E-state index in [0.29, 0.717) is 16.9 Å². The van der Waals surface area contributed by atoms with Gasteiger partial charge in [-0.05, 0) is 31.9 Å². The van der Waals surface area contributed by atoms with E-state index < -0.39 is 10.0 Å². The molecule has 1 fully saturated rings. The molecule has 2 rings (SSSR count). The molecule has 0 saturated heterocycles. The Bertz CT molecular complexity index is 640. The summed E-state index contributed by atoms with van der Waals surface area (Å²) in [6, 6.07) is 3.55. The van der Waals surface area contributed by atoms with Gasteiger partial charge in [-0.3, -0.25) is 4.99 Å². The fourth-order valence-electron chi connectivity index (χ4n) is 2.62. The molecule has 1 saturated carbocycles. The van der Waals surface area contributed by atoms with Crippen molar-refractivity contribution < 1.29 is 8.42 Å². The van der Waals surface area contributed by atoms with Gasteiger partial charge in [-0.2, -0.15) is 0 Å². The van der Waals surface area contributed by atoms with Crippen LogP contribution in [-0.2, 0) is 10.0 Å². The van der Waals surface area contributed by atoms with Gasteiger partial charge in [0.05, 0.1) is 10.9 Å². The van der Waals surface area contributed by atoms with Gasteiger partial charge >= 0.3 is 0 Å². The van der Waals surface area contributed by atoms with Crippen molar-refractivity contribution >= 4 is 38.9 Å². The maximum Gasteiger partial charge on any atom is 0.250 e. The first-order valence-electron chi connectivity index (χ1n) is 8.31. The van der Waals surface area contributed by atoms with E-state index in [1.165, 1.54) is 25.3 Å². The summed E-state index contributed by atoms with van der Waals surface area (Å²) in [5.74, 6) is 0.753. The minimum absolute atomic E-state index is 0.226. The molecule has 24 heavy (non-hydrogen) atoms. The van der Waals surface area contributed by atoms with Crippen molar-refractivity contribution in [2.24, 2.45) is 4.99 Å². The van der Waals surface area contributed by atoms with Crippen LogP contribution in [0.15, 0.2) is 21.3 Å². The minimum atomic E-state index is -3.50. The smallest absolute Gasteiger partial charge is 0.250 e. The number of guanidine groups is 1. The molecule has 1 aromatic heterocycles. The van der Waals surface area contributed by atoms with Gasteiger partial charge in [0.25, 0.3) is 0 Å². The highest BCUT2D eigenvalue weighted by molar-refractivity contribution is 7.91. The fourth-order valence-corrected chi connectivity index (χ4v) is 5.17. The lowest BCUT2D eigenvalue weighted by atomic mass is 9.96. The summed E-state index contributed by atoms with van der Waals surface area (Å²) in [6.07, 6.45) is 6.13. The second-order valence-electron chi connectivity index (χ2n) is 5.70. The number of nitrogens with one attached hydrogen (secondary N) is 3. The Hall–Kier alpha value is -0.830. The van der Waals surface area contributed by atoms with E-state index in [2.05, 4.69) is 20.3 Å². The normalized spacial score (nSPS) is 17.0. The summed E-state index contributed by atoms with van der Waals surface area (Å²) in [7, 11) is -3.50. The van der Waals surface area contributed by atoms with E-state index in [0.717, 1.165) is 36.7 Å². The Morgan fingerprint density at radius 2 is 2.08 bits per heavy atom. The number of hydrogen-bond acceptors (Lipinski definition) is 4. The third-order valence-electron chi connectivity index (χ3n) is 3.78. The summed E-state index contributed by atoms with van der Waals surface area (Å²) in [4.78, 5) is 4.45. The Morgan fingerprint density at radius 3 is 2.71 bits per heavy atom. The maximum atomic E-state index is 12.1. The van der Waals surface area contributed by atoms with Crippen molar-refractivity contribution in [3.63, 3.8) is 0 Å². The lowest BCUT2D eigenvalue weighted by molar-refractivity contribution is 0.410. The Labute approximate surface area is 153 Å². The summed E-state index contributed by atoms with van der Waals surface area (Å²) in [5.41, 5.74) is 0. The van der Waals surface area contributed by atoms with Crippen LogP contribution in [0.1, 0.15) is 39.0 Å². The molecule has 6 nitrogen and oxygen atoms in total. The van der Waals surface area contributed by atoms with E-state index in [1.807, 2.05) is 6.92 Å². The van der Waals surface area contributed by atoms with E-state index in [4.69, 9.17) is 11.6 Å². The predicted octanol–water partition coefficient (Wildman–Crippen LogP) is 2.57. The highest BCUT2D eigenvalue weighted by atomic mass is 35.5. The summed E-state index contributed by atoms with van der Waals surface area (Å²) < 4.78 is 27.4. The van der Waals surface area contributed by atoms with Crippen LogP contribution in [0.2, 0.25) is 4.34 Å². The van der Waals surface area contributed by atoms with E-state index >= 15 is 0 Å². The van der Waals surface area contributed by atoms with Crippen LogP contribution in [-0.4, -0.2) is 40.1 Å². The quantitative estimate of drug-likeness (QED) is 0.378. The molecular formula is C15H25ClN4O2S2. The molecule has 1 aliphatic carbocycles. The van der Waals surface area contributed by atoms with Crippen molar-refractivity contribution in [2.75, 3.05) is 19.6 Å². The number of thiophene rings is 1. The Kier molecular flexibility index (Phi) is 7.80. The molecule has 0 unspecified atom stereocenters. The molecule has 0 bridgehead atoms. The van der Waals surface area contributed by atoms with Crippen LogP contribution in [0.5, 0.6) is 0 Å². The number of halogens is 1. The van der Waals surface area contributed by atoms with Crippen molar-refractivity contribution in [1.29, 1.82) is 0 Å². The first-order valence-corrected chi connectivity index (χ1v) is 11.0. The van der Waals surface area contributed by atoms with Crippen LogP contribution in [0.25, 0.3) is 0 Å². The first kappa shape index (κ1) is 19.5. The Morgan fingerprint density at radius 1 is 1.33 bits per heavy atom. The summed E-state index contributed by atoms with van der Waals surface area (Å²) >= 11 is 6.83. The zero-order chi connectivity index (χ0) is 17.4. The molecular weight excluding hydrogens is 368 g/mol. The van der Waals surface area contributed by atoms with Crippen molar-refractivity contribution in [1.82, 2.24) is 15.4 Å². The zero-order valence-electron chi connectivity index (χ0n) is 13.8. The maximum absolute atomic E-state index is 12.1. The fraction of sp³-hybridized carbons (Fsp3) is 0.667. The summed E-state index contributed by atoms with van der Waals surface area (Å²) in [6.45, 7) is 3.42. The molecule has 1 aromatic rings. The van der Waals surface area contributed by atoms with Crippen molar-refractivity contribution in [3.8, 4) is 0 Å². The van der Waals surface area contributed by atoms with Gasteiger partial charge in [-0.15, -0.1) is 11.3 Å². The monoisotopic (exact) mass is 392 g/mol. The molecule has 1 heterocycles. The van der Waals surface area contributed by atoms with Crippen molar-refractivity contribution in [3.05, 3.63) is 16.5 Å². The van der Waals surface area contributed by atoms with Gasteiger partial charge in [0.15, 0.2) is 5.96 Å². The molecule has 0 atom stereocenters. The van der Waals surface area contributed by atoms with Crippen LogP contribution < -0.4 is 15.4 Å². The average molecular weight is 393 g/mol. The zero-order valence-corrected chi connectivity index (χ0v) is 16.2. The third-order valence-corrected chi connectivity index (χ3v) is 6.96. The van der Waals surface area contributed by atoms with Gasteiger partial charge in [0.2, 0.25) is 10.0 Å². The molecule has 136 valence electrons. The predicted molar refractivity (Wildman–Crippen MR) is 101 cm³/mol. The second kappa shape index (κ2) is 9.60. The van der Waals surface area contributed by atoms with E-state index in [-0.39, 0.29) is 10.8 Å². The van der Waals surface area contributed by atoms with Gasteiger partial charge in [0, 0.05) is 19.1 Å². The molecule has 0 spiro atoms. The van der Waals surface area contributed by atoms with E-state index in [9.17, 15) is 8.42 Å². The van der Waals surface area contributed by atoms with Crippen LogP contribution >= 0.6 is 22.9 Å². The first-order chi connectivity index (χ1) is 11.5. The topological polar surface area (TPSA) is 82.6 Å². The largest absolute Gasteiger partial charge is 0.357 e. The highest BCUT2D eigenvalue weighted by Gasteiger charge is 2.16. The molecule has 9 heteroatoms. The standard InChI is InChI=1S/C15H25ClN4O2S2/c1-2-17-15(20-12-6-4-3-5-7-12)18-10-11-19-24(21,22)14-9-8-13(16)23-14/h8-9,12,19H,2-7,10-11H2,1H3,(H2,17,18,20). The lowest BCUT2D eigenvalue weighted by Crippen LogP contribution is -2.44. The molecule has 0 aromatic carbocycles. The van der Waals surface area contributed by atoms with Crippen LogP contribution in [0, 0.1) is 0 Å². The highest BCUT2D eigenvalue weighted by Crippen LogP contribution is 2.25. The summed E-state index contributed by atoms with van der Waals surface area (Å²) in [5, 5.41) is 6.64. The number of sulfonamides is 1. The molecule has 3 N–H and O–H groups in total. The van der Waals surface area contributed by atoms with Gasteiger partial charge in [-0.1, -0.05) is 30.9 Å². The van der Waals surface area contributed by atoms with Gasteiger partial charge < -0.3 is 10.6 Å². The SMILES string of the molecule is CCNC(=NCCNS(=O)(=O)c1ccc(Cl)s1)NC1CCCCC1.